The first-order valence-corrected chi connectivity index (χ1v) is 4.87. The molecule has 1 N–H and O–H groups in total. The first-order valence-electron chi connectivity index (χ1n) is 4.87. The first-order chi connectivity index (χ1) is 6.59. The van der Waals surface area contributed by atoms with Crippen LogP contribution >= 0.6 is 0 Å². The lowest BCUT2D eigenvalue weighted by Crippen LogP contribution is -2.44. The Balaban J connectivity index is 2.06. The van der Waals surface area contributed by atoms with Gasteiger partial charge < -0.3 is 10.2 Å². The molecular weight excluding hydrogens is 180 g/mol. The normalized spacial score (nSPS) is 32.1. The number of nitrogens with zero attached hydrogens (tertiary/aromatic N) is 1. The Bertz CT molecular complexity index is 322. The van der Waals surface area contributed by atoms with Crippen LogP contribution in [0.3, 0.4) is 0 Å². The quantitative estimate of drug-likeness (QED) is 0.650. The molecule has 14 heavy (non-hydrogen) atoms. The molecule has 0 spiro atoms. The third-order valence-electron chi connectivity index (χ3n) is 2.90. The van der Waals surface area contributed by atoms with Gasteiger partial charge in [-0.1, -0.05) is 13.0 Å². The maximum Gasteiger partial charge on any atom is 0.251 e. The van der Waals surface area contributed by atoms with Crippen LogP contribution < -0.4 is 5.32 Å². The minimum atomic E-state index is -0.0984. The Labute approximate surface area is 83.0 Å². The van der Waals surface area contributed by atoms with Crippen molar-refractivity contribution in [2.75, 3.05) is 6.54 Å². The molecule has 0 aromatic rings. The highest BCUT2D eigenvalue weighted by atomic mass is 16.2. The van der Waals surface area contributed by atoms with Gasteiger partial charge in [0, 0.05) is 18.0 Å². The van der Waals surface area contributed by atoms with Crippen LogP contribution in [0, 0.1) is 5.92 Å². The first kappa shape index (κ1) is 9.24. The fourth-order valence-corrected chi connectivity index (χ4v) is 1.91. The number of amides is 2. The Morgan fingerprint density at radius 1 is 1.50 bits per heavy atom. The van der Waals surface area contributed by atoms with Gasteiger partial charge in [-0.2, -0.15) is 0 Å². The van der Waals surface area contributed by atoms with E-state index in [1.807, 2.05) is 19.9 Å². The summed E-state index contributed by atoms with van der Waals surface area (Å²) in [6.07, 6.45) is 2.53. The van der Waals surface area contributed by atoms with Gasteiger partial charge in [-0.3, -0.25) is 9.59 Å². The summed E-state index contributed by atoms with van der Waals surface area (Å²) in [5, 5.41) is 2.83. The van der Waals surface area contributed by atoms with Crippen molar-refractivity contribution >= 4 is 11.8 Å². The SMILES string of the molecule is CC1=CCN(C2CC(C)C(=O)N2)C1=O. The molecule has 0 aromatic carbocycles. The minimum absolute atomic E-state index is 0.0220. The molecular formula is C10H14N2O2. The standard InChI is InChI=1S/C10H14N2O2/c1-6-3-4-12(10(6)14)8-5-7(2)9(13)11-8/h3,7-8H,4-5H2,1-2H3,(H,11,13). The van der Waals surface area contributed by atoms with Crippen LogP contribution in [-0.2, 0) is 9.59 Å². The molecule has 2 heterocycles. The zero-order valence-electron chi connectivity index (χ0n) is 8.41. The number of carbonyl (C=O) groups excluding carboxylic acids is 2. The summed E-state index contributed by atoms with van der Waals surface area (Å²) in [5.74, 6) is 0.116. The fraction of sp³-hybridized carbons (Fsp3) is 0.600. The largest absolute Gasteiger partial charge is 0.336 e. The monoisotopic (exact) mass is 194 g/mol. The molecule has 0 radical (unpaired) electrons. The van der Waals surface area contributed by atoms with E-state index >= 15 is 0 Å². The van der Waals surface area contributed by atoms with Crippen LogP contribution in [0.15, 0.2) is 11.6 Å². The summed E-state index contributed by atoms with van der Waals surface area (Å²) in [4.78, 5) is 24.6. The van der Waals surface area contributed by atoms with Gasteiger partial charge in [0.2, 0.25) is 5.91 Å². The molecule has 2 amide bonds. The number of rotatable bonds is 1. The van der Waals surface area contributed by atoms with Crippen molar-refractivity contribution in [2.45, 2.75) is 26.4 Å². The van der Waals surface area contributed by atoms with Gasteiger partial charge in [0.25, 0.3) is 5.91 Å². The molecule has 2 unspecified atom stereocenters. The average molecular weight is 194 g/mol. The maximum absolute atomic E-state index is 11.6. The lowest BCUT2D eigenvalue weighted by molar-refractivity contribution is -0.128. The summed E-state index contributed by atoms with van der Waals surface area (Å²) in [5.41, 5.74) is 0.777. The summed E-state index contributed by atoms with van der Waals surface area (Å²) in [6.45, 7) is 4.32. The number of hydrogen-bond donors (Lipinski definition) is 1. The van der Waals surface area contributed by atoms with Crippen LogP contribution in [-0.4, -0.2) is 29.4 Å². The second-order valence-corrected chi connectivity index (χ2v) is 4.01. The van der Waals surface area contributed by atoms with E-state index in [4.69, 9.17) is 0 Å². The molecule has 0 aromatic heterocycles. The van der Waals surface area contributed by atoms with E-state index in [-0.39, 0.29) is 23.9 Å². The van der Waals surface area contributed by atoms with Gasteiger partial charge in [0.1, 0.15) is 6.17 Å². The van der Waals surface area contributed by atoms with E-state index in [2.05, 4.69) is 5.32 Å². The molecule has 4 heteroatoms. The molecule has 76 valence electrons. The van der Waals surface area contributed by atoms with Gasteiger partial charge in [-0.15, -0.1) is 0 Å². The molecule has 2 atom stereocenters. The Morgan fingerprint density at radius 3 is 2.64 bits per heavy atom. The zero-order valence-corrected chi connectivity index (χ0v) is 8.41. The highest BCUT2D eigenvalue weighted by molar-refractivity contribution is 5.96. The van der Waals surface area contributed by atoms with Crippen molar-refractivity contribution in [2.24, 2.45) is 5.92 Å². The zero-order chi connectivity index (χ0) is 10.3. The predicted octanol–water partition coefficient (Wildman–Crippen LogP) is 0.257. The molecule has 0 saturated carbocycles. The van der Waals surface area contributed by atoms with Crippen LogP contribution in [0.2, 0.25) is 0 Å². The van der Waals surface area contributed by atoms with E-state index in [0.29, 0.717) is 6.54 Å². The van der Waals surface area contributed by atoms with Gasteiger partial charge >= 0.3 is 0 Å². The van der Waals surface area contributed by atoms with Crippen molar-refractivity contribution in [3.05, 3.63) is 11.6 Å². The van der Waals surface area contributed by atoms with Crippen LogP contribution in [0.4, 0.5) is 0 Å². The molecule has 1 fully saturated rings. The number of nitrogens with one attached hydrogen (secondary N) is 1. The van der Waals surface area contributed by atoms with Gasteiger partial charge in [0.15, 0.2) is 0 Å². The number of hydrogen-bond acceptors (Lipinski definition) is 2. The highest BCUT2D eigenvalue weighted by Gasteiger charge is 2.36. The van der Waals surface area contributed by atoms with Gasteiger partial charge in [0.05, 0.1) is 0 Å². The van der Waals surface area contributed by atoms with Gasteiger partial charge in [-0.25, -0.2) is 0 Å². The number of carbonyl (C=O) groups is 2. The summed E-state index contributed by atoms with van der Waals surface area (Å²) >= 11 is 0. The third-order valence-corrected chi connectivity index (χ3v) is 2.90. The molecule has 0 aliphatic carbocycles. The Morgan fingerprint density at radius 2 is 2.21 bits per heavy atom. The lowest BCUT2D eigenvalue weighted by atomic mass is 10.1. The van der Waals surface area contributed by atoms with E-state index in [9.17, 15) is 9.59 Å². The van der Waals surface area contributed by atoms with Crippen molar-refractivity contribution < 1.29 is 9.59 Å². The lowest BCUT2D eigenvalue weighted by Gasteiger charge is -2.23. The summed E-state index contributed by atoms with van der Waals surface area (Å²) in [6, 6.07) is 0. The highest BCUT2D eigenvalue weighted by Crippen LogP contribution is 2.21. The average Bonchev–Trinajstić information content (AvgIpc) is 2.61. The summed E-state index contributed by atoms with van der Waals surface area (Å²) < 4.78 is 0. The molecule has 2 aliphatic heterocycles. The van der Waals surface area contributed by atoms with E-state index in [1.165, 1.54) is 0 Å². The second kappa shape index (κ2) is 3.12. The van der Waals surface area contributed by atoms with Crippen molar-refractivity contribution in [1.29, 1.82) is 0 Å². The van der Waals surface area contributed by atoms with Crippen molar-refractivity contribution in [1.82, 2.24) is 10.2 Å². The fourth-order valence-electron chi connectivity index (χ4n) is 1.91. The Kier molecular flexibility index (Phi) is 2.06. The summed E-state index contributed by atoms with van der Waals surface area (Å²) in [7, 11) is 0. The minimum Gasteiger partial charge on any atom is -0.336 e. The second-order valence-electron chi connectivity index (χ2n) is 4.01. The third kappa shape index (κ3) is 1.31. The maximum atomic E-state index is 11.6. The van der Waals surface area contributed by atoms with Crippen molar-refractivity contribution in [3.63, 3.8) is 0 Å². The van der Waals surface area contributed by atoms with E-state index in [1.54, 1.807) is 4.90 Å². The topological polar surface area (TPSA) is 49.4 Å². The Hall–Kier alpha value is -1.32. The van der Waals surface area contributed by atoms with Crippen LogP contribution in [0.5, 0.6) is 0 Å². The van der Waals surface area contributed by atoms with Gasteiger partial charge in [-0.05, 0) is 13.3 Å². The molecule has 0 bridgehead atoms. The molecule has 4 nitrogen and oxygen atoms in total. The van der Waals surface area contributed by atoms with Crippen LogP contribution in [0.1, 0.15) is 20.3 Å². The van der Waals surface area contributed by atoms with Crippen molar-refractivity contribution in [3.8, 4) is 0 Å². The van der Waals surface area contributed by atoms with E-state index < -0.39 is 0 Å². The molecule has 2 aliphatic rings. The predicted molar refractivity (Wildman–Crippen MR) is 51.2 cm³/mol. The molecule has 2 rings (SSSR count). The van der Waals surface area contributed by atoms with E-state index in [0.717, 1.165) is 12.0 Å². The van der Waals surface area contributed by atoms with Crippen LogP contribution in [0.25, 0.3) is 0 Å². The smallest absolute Gasteiger partial charge is 0.251 e. The molecule has 1 saturated heterocycles.